The summed E-state index contributed by atoms with van der Waals surface area (Å²) in [4.78, 5) is 26.3. The second kappa shape index (κ2) is 8.21. The summed E-state index contributed by atoms with van der Waals surface area (Å²) in [7, 11) is 0. The quantitative estimate of drug-likeness (QED) is 0.771. The first kappa shape index (κ1) is 17.7. The Labute approximate surface area is 134 Å². The number of piperazine rings is 1. The molecular formula is C13H21ClN4O2S. The Morgan fingerprint density at radius 2 is 2.38 bits per heavy atom. The van der Waals surface area contributed by atoms with Crippen molar-refractivity contribution in [2.24, 2.45) is 5.73 Å². The Bertz CT molecular complexity index is 469. The van der Waals surface area contributed by atoms with Crippen LogP contribution in [0.15, 0.2) is 17.5 Å². The number of rotatable bonds is 4. The molecule has 3 amide bonds. The molecule has 118 valence electrons. The summed E-state index contributed by atoms with van der Waals surface area (Å²) >= 11 is 1.51. The molecule has 2 heterocycles. The predicted molar refractivity (Wildman–Crippen MR) is 85.7 cm³/mol. The Hall–Kier alpha value is -1.31. The fourth-order valence-electron chi connectivity index (χ4n) is 2.39. The number of nitrogens with one attached hydrogen (secondary N) is 2. The van der Waals surface area contributed by atoms with Gasteiger partial charge in [-0.3, -0.25) is 4.79 Å². The minimum Gasteiger partial charge on any atom is -0.352 e. The lowest BCUT2D eigenvalue weighted by Crippen LogP contribution is -2.52. The summed E-state index contributed by atoms with van der Waals surface area (Å²) in [5, 5.41) is 7.82. The van der Waals surface area contributed by atoms with Crippen LogP contribution in [0.5, 0.6) is 0 Å². The van der Waals surface area contributed by atoms with E-state index < -0.39 is 6.03 Å². The molecule has 1 saturated heterocycles. The standard InChI is InChI=1S/C13H20N4O2S.ClH/c1-9-8-15-4-5-17(9)12(18)7-10(16-13(14)19)11-3-2-6-20-11;/h2-3,6,9-10,15H,4-5,7-8H2,1H3,(H3,14,16,19);1H. The number of nitrogens with two attached hydrogens (primary N) is 1. The van der Waals surface area contributed by atoms with E-state index in [2.05, 4.69) is 10.6 Å². The molecule has 0 saturated carbocycles. The third-order valence-electron chi connectivity index (χ3n) is 3.40. The van der Waals surface area contributed by atoms with Gasteiger partial charge in [-0.25, -0.2) is 4.79 Å². The first-order chi connectivity index (χ1) is 9.58. The van der Waals surface area contributed by atoms with E-state index in [-0.39, 0.29) is 36.8 Å². The van der Waals surface area contributed by atoms with E-state index >= 15 is 0 Å². The first-order valence-corrected chi connectivity index (χ1v) is 7.55. The molecule has 0 radical (unpaired) electrons. The van der Waals surface area contributed by atoms with Gasteiger partial charge in [-0.15, -0.1) is 23.7 Å². The van der Waals surface area contributed by atoms with Crippen LogP contribution in [0.25, 0.3) is 0 Å². The summed E-state index contributed by atoms with van der Waals surface area (Å²) in [6.07, 6.45) is 0.244. The predicted octanol–water partition coefficient (Wildman–Crippen LogP) is 1.09. The zero-order valence-electron chi connectivity index (χ0n) is 11.9. The highest BCUT2D eigenvalue weighted by Gasteiger charge is 2.26. The van der Waals surface area contributed by atoms with Gasteiger partial charge in [-0.05, 0) is 18.4 Å². The molecule has 8 heteroatoms. The number of halogens is 1. The number of nitrogens with zero attached hydrogens (tertiary/aromatic N) is 1. The zero-order valence-corrected chi connectivity index (χ0v) is 13.5. The summed E-state index contributed by atoms with van der Waals surface area (Å²) in [6.45, 7) is 4.33. The van der Waals surface area contributed by atoms with E-state index in [1.54, 1.807) is 0 Å². The van der Waals surface area contributed by atoms with Crippen molar-refractivity contribution in [1.29, 1.82) is 0 Å². The molecule has 0 aliphatic carbocycles. The lowest BCUT2D eigenvalue weighted by atomic mass is 10.1. The van der Waals surface area contributed by atoms with Gasteiger partial charge in [0.15, 0.2) is 0 Å². The third kappa shape index (κ3) is 4.87. The van der Waals surface area contributed by atoms with Gasteiger partial charge >= 0.3 is 6.03 Å². The van der Waals surface area contributed by atoms with Crippen molar-refractivity contribution in [3.05, 3.63) is 22.4 Å². The number of carbonyl (C=O) groups excluding carboxylic acids is 2. The molecule has 1 aliphatic heterocycles. The van der Waals surface area contributed by atoms with E-state index in [9.17, 15) is 9.59 Å². The number of amides is 3. The monoisotopic (exact) mass is 332 g/mol. The number of thiophene rings is 1. The lowest BCUT2D eigenvalue weighted by molar-refractivity contribution is -0.134. The number of urea groups is 1. The second-order valence-corrected chi connectivity index (χ2v) is 5.90. The average Bonchev–Trinajstić information content (AvgIpc) is 2.91. The molecule has 1 aromatic heterocycles. The van der Waals surface area contributed by atoms with Crippen LogP contribution in [0, 0.1) is 0 Å². The van der Waals surface area contributed by atoms with E-state index in [0.717, 1.165) is 18.0 Å². The molecule has 0 aromatic carbocycles. The maximum absolute atomic E-state index is 12.4. The highest BCUT2D eigenvalue weighted by Crippen LogP contribution is 2.23. The van der Waals surface area contributed by atoms with Crippen LogP contribution >= 0.6 is 23.7 Å². The van der Waals surface area contributed by atoms with Crippen LogP contribution in [-0.4, -0.2) is 42.5 Å². The number of primary amides is 1. The molecule has 2 atom stereocenters. The van der Waals surface area contributed by atoms with Gasteiger partial charge in [0, 0.05) is 30.6 Å². The van der Waals surface area contributed by atoms with Gasteiger partial charge in [0.25, 0.3) is 0 Å². The third-order valence-corrected chi connectivity index (χ3v) is 4.39. The highest BCUT2D eigenvalue weighted by atomic mass is 35.5. The van der Waals surface area contributed by atoms with E-state index in [1.165, 1.54) is 11.3 Å². The van der Waals surface area contributed by atoms with Gasteiger partial charge in [-0.2, -0.15) is 0 Å². The average molecular weight is 333 g/mol. The van der Waals surface area contributed by atoms with Crippen molar-refractivity contribution < 1.29 is 9.59 Å². The van der Waals surface area contributed by atoms with Crippen LogP contribution in [-0.2, 0) is 4.79 Å². The number of carbonyl (C=O) groups is 2. The fourth-order valence-corrected chi connectivity index (χ4v) is 3.17. The van der Waals surface area contributed by atoms with Gasteiger partial charge < -0.3 is 21.3 Å². The van der Waals surface area contributed by atoms with Gasteiger partial charge in [-0.1, -0.05) is 6.07 Å². The van der Waals surface area contributed by atoms with E-state index in [0.29, 0.717) is 6.54 Å². The van der Waals surface area contributed by atoms with Crippen LogP contribution in [0.2, 0.25) is 0 Å². The largest absolute Gasteiger partial charge is 0.352 e. The molecule has 1 aromatic rings. The SMILES string of the molecule is CC1CNCCN1C(=O)CC(NC(N)=O)c1cccs1.Cl. The first-order valence-electron chi connectivity index (χ1n) is 6.67. The summed E-state index contributed by atoms with van der Waals surface area (Å²) < 4.78 is 0. The maximum atomic E-state index is 12.4. The fraction of sp³-hybridized carbons (Fsp3) is 0.538. The smallest absolute Gasteiger partial charge is 0.312 e. The van der Waals surface area contributed by atoms with Crippen LogP contribution in [0.1, 0.15) is 24.3 Å². The molecule has 21 heavy (non-hydrogen) atoms. The van der Waals surface area contributed by atoms with Gasteiger partial charge in [0.1, 0.15) is 0 Å². The van der Waals surface area contributed by atoms with Crippen LogP contribution in [0.4, 0.5) is 4.79 Å². The lowest BCUT2D eigenvalue weighted by Gasteiger charge is -2.34. The van der Waals surface area contributed by atoms with Crippen molar-refractivity contribution in [3.63, 3.8) is 0 Å². The van der Waals surface area contributed by atoms with Gasteiger partial charge in [0.05, 0.1) is 12.5 Å². The second-order valence-electron chi connectivity index (χ2n) is 4.92. The summed E-state index contributed by atoms with van der Waals surface area (Å²) in [5.74, 6) is 0.0474. The molecule has 1 aliphatic rings. The van der Waals surface area contributed by atoms with E-state index in [1.807, 2.05) is 29.3 Å². The minimum atomic E-state index is -0.607. The Morgan fingerprint density at radius 3 is 2.95 bits per heavy atom. The molecule has 2 unspecified atom stereocenters. The van der Waals surface area contributed by atoms with Crippen molar-refractivity contribution in [1.82, 2.24) is 15.5 Å². The molecular weight excluding hydrogens is 312 g/mol. The Balaban J connectivity index is 0.00000220. The van der Waals surface area contributed by atoms with Crippen molar-refractivity contribution in [2.75, 3.05) is 19.6 Å². The highest BCUT2D eigenvalue weighted by molar-refractivity contribution is 7.10. The van der Waals surface area contributed by atoms with Crippen molar-refractivity contribution in [3.8, 4) is 0 Å². The zero-order chi connectivity index (χ0) is 14.5. The summed E-state index contributed by atoms with van der Waals surface area (Å²) in [5.41, 5.74) is 5.20. The molecule has 1 fully saturated rings. The number of hydrogen-bond donors (Lipinski definition) is 3. The Morgan fingerprint density at radius 1 is 1.62 bits per heavy atom. The van der Waals surface area contributed by atoms with Crippen molar-refractivity contribution in [2.45, 2.75) is 25.4 Å². The molecule has 0 bridgehead atoms. The molecule has 6 nitrogen and oxygen atoms in total. The number of hydrogen-bond acceptors (Lipinski definition) is 4. The topological polar surface area (TPSA) is 87.5 Å². The summed E-state index contributed by atoms with van der Waals surface area (Å²) in [6, 6.07) is 3.02. The van der Waals surface area contributed by atoms with Crippen molar-refractivity contribution >= 4 is 35.7 Å². The Kier molecular flexibility index (Phi) is 6.94. The maximum Gasteiger partial charge on any atom is 0.312 e. The normalized spacial score (nSPS) is 19.5. The van der Waals surface area contributed by atoms with Crippen LogP contribution in [0.3, 0.4) is 0 Å². The molecule has 0 spiro atoms. The molecule has 4 N–H and O–H groups in total. The minimum absolute atomic E-state index is 0. The van der Waals surface area contributed by atoms with Crippen LogP contribution < -0.4 is 16.4 Å². The van der Waals surface area contributed by atoms with Gasteiger partial charge in [0.2, 0.25) is 5.91 Å². The molecule has 2 rings (SSSR count). The van der Waals surface area contributed by atoms with E-state index in [4.69, 9.17) is 5.73 Å².